The number of nitrogens with zero attached hydrogens (tertiary/aromatic N) is 1. The molecule has 0 saturated heterocycles. The molecule has 0 aromatic carbocycles. The molecule has 78 valence electrons. The molecular weight excluding hydrogens is 201 g/mol. The van der Waals surface area contributed by atoms with Crippen LogP contribution in [0.25, 0.3) is 5.32 Å². The topological polar surface area (TPSA) is 31.2 Å². The van der Waals surface area contributed by atoms with Crippen molar-refractivity contribution < 1.29 is 56.2 Å². The van der Waals surface area contributed by atoms with E-state index in [-0.39, 0.29) is 51.4 Å². The third-order valence-corrected chi connectivity index (χ3v) is 2.11. The summed E-state index contributed by atoms with van der Waals surface area (Å²) in [5, 5.41) is 4.27. The van der Waals surface area contributed by atoms with Gasteiger partial charge in [0.05, 0.1) is 0 Å². The maximum Gasteiger partial charge on any atom is 1.00 e. The number of carbonyl (C=O) groups excluding carboxylic acids is 1. The normalized spacial score (nSPS) is 9.50. The zero-order valence-electron chi connectivity index (χ0n) is 9.80. The quantitative estimate of drug-likeness (QED) is 0.298. The first-order valence-corrected chi connectivity index (χ1v) is 5.48. The Kier molecular flexibility index (Phi) is 21.0. The van der Waals surface area contributed by atoms with E-state index in [0.29, 0.717) is 0 Å². The average Bonchev–Trinajstić information content (AvgIpc) is 2.16. The van der Waals surface area contributed by atoms with Crippen molar-refractivity contribution in [1.29, 1.82) is 0 Å². The fraction of sp³-hybridized carbons (Fsp3) is 0.909. The van der Waals surface area contributed by atoms with Gasteiger partial charge in [0.1, 0.15) is 6.29 Å². The van der Waals surface area contributed by atoms with E-state index in [0.717, 1.165) is 32.2 Å². The van der Waals surface area contributed by atoms with Gasteiger partial charge in [-0.1, -0.05) is 39.0 Å². The molecule has 0 aromatic rings. The average molecular weight is 223 g/mol. The second-order valence-electron chi connectivity index (χ2n) is 3.34. The minimum Gasteiger partial charge on any atom is -0.662 e. The molecule has 0 radical (unpaired) electrons. The molecule has 0 heterocycles. The Labute approximate surface area is 131 Å². The first-order valence-electron chi connectivity index (χ1n) is 5.48. The van der Waals surface area contributed by atoms with Crippen LogP contribution in [-0.2, 0) is 4.79 Å². The third-order valence-electron chi connectivity index (χ3n) is 2.11. The Bertz CT molecular complexity index is 109. The van der Waals surface area contributed by atoms with Gasteiger partial charge >= 0.3 is 51.4 Å². The predicted molar refractivity (Wildman–Crippen MR) is 57.2 cm³/mol. The summed E-state index contributed by atoms with van der Waals surface area (Å²) in [6.07, 6.45) is 9.15. The zero-order chi connectivity index (χ0) is 9.78. The Morgan fingerprint density at radius 3 is 2.14 bits per heavy atom. The SMILES string of the molecule is CC[N-]CCCCCCCCC=O.[K+]. The van der Waals surface area contributed by atoms with E-state index in [1.165, 1.54) is 32.1 Å². The molecule has 0 spiro atoms. The third kappa shape index (κ3) is 15.7. The van der Waals surface area contributed by atoms with Crippen LogP contribution in [0.5, 0.6) is 0 Å². The van der Waals surface area contributed by atoms with Gasteiger partial charge in [-0.15, -0.1) is 6.54 Å². The molecule has 14 heavy (non-hydrogen) atoms. The molecule has 0 bridgehead atoms. The fourth-order valence-electron chi connectivity index (χ4n) is 1.32. The van der Waals surface area contributed by atoms with Gasteiger partial charge in [0.2, 0.25) is 0 Å². The second-order valence-corrected chi connectivity index (χ2v) is 3.34. The van der Waals surface area contributed by atoms with E-state index in [4.69, 9.17) is 0 Å². The molecule has 3 heteroatoms. The first kappa shape index (κ1) is 17.7. The van der Waals surface area contributed by atoms with Gasteiger partial charge in [-0.25, -0.2) is 0 Å². The Hall–Kier alpha value is 1.27. The summed E-state index contributed by atoms with van der Waals surface area (Å²) in [6.45, 7) is 4.07. The molecule has 0 aliphatic heterocycles. The molecule has 0 N–H and O–H groups in total. The molecule has 0 aromatic heterocycles. The molecule has 0 amide bonds. The van der Waals surface area contributed by atoms with Crippen LogP contribution in [0, 0.1) is 0 Å². The first-order chi connectivity index (χ1) is 6.41. The number of carbonyl (C=O) groups is 1. The van der Waals surface area contributed by atoms with Gasteiger partial charge < -0.3 is 10.1 Å². The van der Waals surface area contributed by atoms with E-state index in [9.17, 15) is 4.79 Å². The molecule has 0 fully saturated rings. The summed E-state index contributed by atoms with van der Waals surface area (Å²) in [7, 11) is 0. The molecule has 0 atom stereocenters. The largest absolute Gasteiger partial charge is 1.00 e. The van der Waals surface area contributed by atoms with Crippen LogP contribution in [-0.4, -0.2) is 19.4 Å². The van der Waals surface area contributed by atoms with Crippen molar-refractivity contribution in [3.05, 3.63) is 5.32 Å². The number of unbranched alkanes of at least 4 members (excludes halogenated alkanes) is 6. The van der Waals surface area contributed by atoms with Crippen molar-refractivity contribution in [3.8, 4) is 0 Å². The van der Waals surface area contributed by atoms with Gasteiger partial charge in [0.15, 0.2) is 0 Å². The maximum absolute atomic E-state index is 10.00. The van der Waals surface area contributed by atoms with Crippen LogP contribution in [0.15, 0.2) is 0 Å². The number of rotatable bonds is 10. The Morgan fingerprint density at radius 2 is 1.57 bits per heavy atom. The van der Waals surface area contributed by atoms with Gasteiger partial charge in [-0.05, 0) is 6.42 Å². The summed E-state index contributed by atoms with van der Waals surface area (Å²) in [4.78, 5) is 10.00. The van der Waals surface area contributed by atoms with Crippen molar-refractivity contribution >= 4 is 6.29 Å². The van der Waals surface area contributed by atoms with Crippen molar-refractivity contribution in [2.45, 2.75) is 51.9 Å². The van der Waals surface area contributed by atoms with E-state index in [2.05, 4.69) is 12.2 Å². The summed E-state index contributed by atoms with van der Waals surface area (Å²) in [6, 6.07) is 0. The van der Waals surface area contributed by atoms with Crippen LogP contribution in [0.1, 0.15) is 51.9 Å². The second kappa shape index (κ2) is 16.7. The van der Waals surface area contributed by atoms with E-state index in [1.807, 2.05) is 0 Å². The van der Waals surface area contributed by atoms with Crippen molar-refractivity contribution in [3.63, 3.8) is 0 Å². The molecule has 0 unspecified atom stereocenters. The minimum atomic E-state index is 0. The molecule has 0 aliphatic rings. The standard InChI is InChI=1S/C11H22NO.K/c1-2-12-10-8-6-4-3-5-7-9-11-13;/h11H,2-10H2,1H3;/q-1;+1. The number of hydrogen-bond acceptors (Lipinski definition) is 1. The van der Waals surface area contributed by atoms with Crippen molar-refractivity contribution in [1.82, 2.24) is 0 Å². The van der Waals surface area contributed by atoms with Gasteiger partial charge in [-0.3, -0.25) is 0 Å². The summed E-state index contributed by atoms with van der Waals surface area (Å²) in [5.41, 5.74) is 0. The fourth-order valence-corrected chi connectivity index (χ4v) is 1.32. The van der Waals surface area contributed by atoms with Crippen LogP contribution in [0.2, 0.25) is 0 Å². The number of aldehydes is 1. The molecule has 0 rings (SSSR count). The predicted octanol–water partition coefficient (Wildman–Crippen LogP) is 0.314. The monoisotopic (exact) mass is 223 g/mol. The van der Waals surface area contributed by atoms with Crippen LogP contribution >= 0.6 is 0 Å². The molecule has 2 nitrogen and oxygen atoms in total. The smallest absolute Gasteiger partial charge is 0.662 e. The van der Waals surface area contributed by atoms with E-state index < -0.39 is 0 Å². The summed E-state index contributed by atoms with van der Waals surface area (Å²) < 4.78 is 0. The van der Waals surface area contributed by atoms with Gasteiger partial charge in [0.25, 0.3) is 0 Å². The maximum atomic E-state index is 10.00. The Balaban J connectivity index is 0. The zero-order valence-corrected chi connectivity index (χ0v) is 12.9. The number of hydrogen-bond donors (Lipinski definition) is 0. The van der Waals surface area contributed by atoms with E-state index >= 15 is 0 Å². The van der Waals surface area contributed by atoms with Crippen LogP contribution < -0.4 is 51.4 Å². The van der Waals surface area contributed by atoms with Crippen LogP contribution in [0.3, 0.4) is 0 Å². The summed E-state index contributed by atoms with van der Waals surface area (Å²) in [5.74, 6) is 0. The van der Waals surface area contributed by atoms with E-state index in [1.54, 1.807) is 0 Å². The Morgan fingerprint density at radius 1 is 1.00 bits per heavy atom. The van der Waals surface area contributed by atoms with Crippen molar-refractivity contribution in [2.75, 3.05) is 13.1 Å². The molecule has 0 saturated carbocycles. The van der Waals surface area contributed by atoms with Crippen LogP contribution in [0.4, 0.5) is 0 Å². The molecular formula is C11H22KNO. The minimum absolute atomic E-state index is 0. The summed E-state index contributed by atoms with van der Waals surface area (Å²) >= 11 is 0. The van der Waals surface area contributed by atoms with Crippen molar-refractivity contribution in [2.24, 2.45) is 0 Å². The van der Waals surface area contributed by atoms with Gasteiger partial charge in [0, 0.05) is 6.42 Å². The molecule has 0 aliphatic carbocycles. The van der Waals surface area contributed by atoms with Gasteiger partial charge in [-0.2, -0.15) is 6.54 Å².